The van der Waals surface area contributed by atoms with Gasteiger partial charge in [-0.3, -0.25) is 5.10 Å². The molecule has 27 heavy (non-hydrogen) atoms. The number of ether oxygens (including phenoxy) is 1. The Morgan fingerprint density at radius 1 is 1.15 bits per heavy atom. The maximum atomic E-state index is 12.3. The second-order valence-electron chi connectivity index (χ2n) is 7.55. The number of piperidine rings is 1. The summed E-state index contributed by atoms with van der Waals surface area (Å²) in [5.41, 5.74) is 3.04. The second kappa shape index (κ2) is 6.75. The number of alkyl halides is 2. The van der Waals surface area contributed by atoms with Crippen LogP contribution in [-0.4, -0.2) is 39.9 Å². The van der Waals surface area contributed by atoms with Crippen LogP contribution >= 0.6 is 0 Å². The number of hydrogen-bond donors (Lipinski definition) is 1. The van der Waals surface area contributed by atoms with E-state index in [2.05, 4.69) is 43.6 Å². The zero-order valence-corrected chi connectivity index (χ0v) is 15.2. The lowest BCUT2D eigenvalue weighted by Crippen LogP contribution is -2.37. The molecule has 0 atom stereocenters. The number of fused-ring (bicyclic) bond motifs is 1. The van der Waals surface area contributed by atoms with E-state index in [9.17, 15) is 8.78 Å². The summed E-state index contributed by atoms with van der Waals surface area (Å²) >= 11 is 0. The Labute approximate surface area is 155 Å². The van der Waals surface area contributed by atoms with E-state index in [0.29, 0.717) is 22.3 Å². The molecule has 1 aromatic carbocycles. The predicted molar refractivity (Wildman–Crippen MR) is 99.0 cm³/mol. The number of hydrogen-bond acceptors (Lipinski definition) is 5. The molecule has 0 amide bonds. The average Bonchev–Trinajstić information content (AvgIpc) is 3.05. The van der Waals surface area contributed by atoms with Crippen LogP contribution < -0.4 is 9.64 Å². The van der Waals surface area contributed by atoms with Crippen molar-refractivity contribution >= 4 is 17.0 Å². The molecule has 1 N–H and O–H groups in total. The van der Waals surface area contributed by atoms with Crippen LogP contribution in [0.5, 0.6) is 5.75 Å². The number of aromatic amines is 1. The minimum absolute atomic E-state index is 0.110. The van der Waals surface area contributed by atoms with E-state index in [1.54, 1.807) is 18.3 Å². The molecule has 2 aromatic heterocycles. The lowest BCUT2D eigenvalue weighted by Gasteiger charge is -2.37. The third-order valence-corrected chi connectivity index (χ3v) is 5.06. The Hall–Kier alpha value is -2.77. The van der Waals surface area contributed by atoms with Gasteiger partial charge in [-0.25, -0.2) is 9.97 Å². The Morgan fingerprint density at radius 2 is 1.85 bits per heavy atom. The first-order chi connectivity index (χ1) is 12.9. The van der Waals surface area contributed by atoms with Crippen LogP contribution in [-0.2, 0) is 0 Å². The fourth-order valence-corrected chi connectivity index (χ4v) is 3.28. The summed E-state index contributed by atoms with van der Waals surface area (Å²) in [5.74, 6) is 0.940. The molecule has 0 aliphatic carbocycles. The lowest BCUT2D eigenvalue weighted by molar-refractivity contribution is -0.0498. The fraction of sp³-hybridized carbons (Fsp3) is 0.421. The van der Waals surface area contributed by atoms with E-state index in [1.807, 2.05) is 0 Å². The number of nitrogens with zero attached hydrogens (tertiary/aromatic N) is 4. The van der Waals surface area contributed by atoms with Crippen molar-refractivity contribution in [3.63, 3.8) is 0 Å². The quantitative estimate of drug-likeness (QED) is 0.741. The van der Waals surface area contributed by atoms with Crippen molar-refractivity contribution in [1.82, 2.24) is 20.2 Å². The van der Waals surface area contributed by atoms with Gasteiger partial charge < -0.3 is 9.64 Å². The first kappa shape index (κ1) is 17.6. The number of aromatic nitrogens is 4. The molecule has 3 heterocycles. The molecule has 1 aliphatic rings. The van der Waals surface area contributed by atoms with Crippen molar-refractivity contribution in [2.45, 2.75) is 33.3 Å². The molecule has 3 aromatic rings. The number of benzene rings is 1. The molecule has 0 unspecified atom stereocenters. The Morgan fingerprint density at radius 3 is 2.52 bits per heavy atom. The molecule has 0 saturated carbocycles. The fourth-order valence-electron chi connectivity index (χ4n) is 3.28. The van der Waals surface area contributed by atoms with Gasteiger partial charge >= 0.3 is 6.61 Å². The summed E-state index contributed by atoms with van der Waals surface area (Å²) in [7, 11) is 0. The van der Waals surface area contributed by atoms with Gasteiger partial charge in [-0.2, -0.15) is 13.9 Å². The maximum Gasteiger partial charge on any atom is 0.387 e. The standard InChI is InChI=1S/C19H21F2N5O/c1-19(2)7-9-26(10-8-19)14-11-22-16-15(24-25-17(16)23-14)12-3-5-13(6-4-12)27-18(20)21/h3-6,11,18H,7-10H2,1-2H3,(H,23,24,25). The summed E-state index contributed by atoms with van der Waals surface area (Å²) in [6.07, 6.45) is 4.01. The van der Waals surface area contributed by atoms with E-state index >= 15 is 0 Å². The van der Waals surface area contributed by atoms with Gasteiger partial charge in [-0.15, -0.1) is 0 Å². The van der Waals surface area contributed by atoms with Crippen molar-refractivity contribution < 1.29 is 13.5 Å². The molecule has 4 rings (SSSR count). The van der Waals surface area contributed by atoms with Gasteiger partial charge in [0.2, 0.25) is 5.65 Å². The SMILES string of the molecule is CC1(C)CCN(c2cnc3c(-c4ccc(OC(F)F)cc4)[nH]nc3n2)CC1. The van der Waals surface area contributed by atoms with Crippen LogP contribution in [0.3, 0.4) is 0 Å². The van der Waals surface area contributed by atoms with Gasteiger partial charge in [0.1, 0.15) is 17.1 Å². The van der Waals surface area contributed by atoms with Gasteiger partial charge in [-0.1, -0.05) is 13.8 Å². The van der Waals surface area contributed by atoms with E-state index in [0.717, 1.165) is 37.3 Å². The molecule has 6 nitrogen and oxygen atoms in total. The first-order valence-electron chi connectivity index (χ1n) is 8.93. The number of H-pyrrole nitrogens is 1. The minimum atomic E-state index is -2.84. The molecular weight excluding hydrogens is 352 g/mol. The maximum absolute atomic E-state index is 12.3. The van der Waals surface area contributed by atoms with Gasteiger partial charge in [0.05, 0.1) is 11.9 Å². The zero-order valence-electron chi connectivity index (χ0n) is 15.2. The second-order valence-corrected chi connectivity index (χ2v) is 7.55. The van der Waals surface area contributed by atoms with Crippen molar-refractivity contribution in [3.8, 4) is 17.0 Å². The smallest absolute Gasteiger partial charge is 0.387 e. The highest BCUT2D eigenvalue weighted by Gasteiger charge is 2.26. The van der Waals surface area contributed by atoms with Gasteiger partial charge in [-0.05, 0) is 42.5 Å². The van der Waals surface area contributed by atoms with Crippen LogP contribution in [0.25, 0.3) is 22.4 Å². The van der Waals surface area contributed by atoms with Gasteiger partial charge in [0.15, 0.2) is 0 Å². The monoisotopic (exact) mass is 373 g/mol. The molecular formula is C19H21F2N5O. The molecule has 0 spiro atoms. The van der Waals surface area contributed by atoms with Crippen LogP contribution in [0.2, 0.25) is 0 Å². The topological polar surface area (TPSA) is 66.9 Å². The largest absolute Gasteiger partial charge is 0.435 e. The van der Waals surface area contributed by atoms with Crippen LogP contribution in [0.15, 0.2) is 30.5 Å². The predicted octanol–water partition coefficient (Wildman–Crippen LogP) is 4.25. The number of rotatable bonds is 4. The molecule has 0 radical (unpaired) electrons. The molecule has 8 heteroatoms. The average molecular weight is 373 g/mol. The minimum Gasteiger partial charge on any atom is -0.435 e. The van der Waals surface area contributed by atoms with E-state index in [1.165, 1.54) is 12.1 Å². The summed E-state index contributed by atoms with van der Waals surface area (Å²) in [6.45, 7) is 3.65. The molecule has 1 aliphatic heterocycles. The number of anilines is 1. The molecule has 1 saturated heterocycles. The first-order valence-corrected chi connectivity index (χ1v) is 8.93. The third-order valence-electron chi connectivity index (χ3n) is 5.06. The number of halogens is 2. The third kappa shape index (κ3) is 3.70. The van der Waals surface area contributed by atoms with Crippen molar-refractivity contribution in [2.75, 3.05) is 18.0 Å². The highest BCUT2D eigenvalue weighted by atomic mass is 19.3. The zero-order chi connectivity index (χ0) is 19.0. The highest BCUT2D eigenvalue weighted by molar-refractivity contribution is 5.87. The van der Waals surface area contributed by atoms with Crippen LogP contribution in [0.1, 0.15) is 26.7 Å². The van der Waals surface area contributed by atoms with Crippen molar-refractivity contribution in [1.29, 1.82) is 0 Å². The Bertz CT molecular complexity index is 929. The van der Waals surface area contributed by atoms with Gasteiger partial charge in [0.25, 0.3) is 0 Å². The van der Waals surface area contributed by atoms with E-state index in [-0.39, 0.29) is 5.75 Å². The van der Waals surface area contributed by atoms with E-state index in [4.69, 9.17) is 0 Å². The Kier molecular flexibility index (Phi) is 4.41. The Balaban J connectivity index is 1.58. The number of nitrogens with one attached hydrogen (secondary N) is 1. The van der Waals surface area contributed by atoms with Crippen molar-refractivity contribution in [2.24, 2.45) is 5.41 Å². The molecule has 142 valence electrons. The summed E-state index contributed by atoms with van der Waals surface area (Å²) < 4.78 is 28.9. The highest BCUT2D eigenvalue weighted by Crippen LogP contribution is 2.32. The van der Waals surface area contributed by atoms with E-state index < -0.39 is 6.61 Å². The normalized spacial score (nSPS) is 16.9. The molecule has 0 bridgehead atoms. The lowest BCUT2D eigenvalue weighted by atomic mass is 9.83. The van der Waals surface area contributed by atoms with Gasteiger partial charge in [0, 0.05) is 18.7 Å². The van der Waals surface area contributed by atoms with Crippen LogP contribution in [0, 0.1) is 5.41 Å². The summed E-state index contributed by atoms with van der Waals surface area (Å²) in [6, 6.07) is 6.36. The summed E-state index contributed by atoms with van der Waals surface area (Å²) in [5, 5.41) is 7.22. The van der Waals surface area contributed by atoms with Crippen molar-refractivity contribution in [3.05, 3.63) is 30.5 Å². The molecule has 1 fully saturated rings. The summed E-state index contributed by atoms with van der Waals surface area (Å²) in [4.78, 5) is 11.4. The van der Waals surface area contributed by atoms with Crippen LogP contribution in [0.4, 0.5) is 14.6 Å².